The van der Waals surface area contributed by atoms with Gasteiger partial charge < -0.3 is 16.0 Å². The van der Waals surface area contributed by atoms with Crippen molar-refractivity contribution in [1.82, 2.24) is 4.90 Å². The second-order valence-corrected chi connectivity index (χ2v) is 8.57. The molecule has 3 aromatic rings. The zero-order valence-electron chi connectivity index (χ0n) is 19.9. The van der Waals surface area contributed by atoms with Crippen LogP contribution in [-0.4, -0.2) is 42.6 Å². The van der Waals surface area contributed by atoms with Gasteiger partial charge in [0, 0.05) is 54.3 Å². The van der Waals surface area contributed by atoms with Crippen LogP contribution in [-0.2, 0) is 4.79 Å². The molecule has 0 radical (unpaired) electrons. The Bertz CT molecular complexity index is 1250. The lowest BCUT2D eigenvalue weighted by Crippen LogP contribution is -2.26. The third kappa shape index (κ3) is 5.49. The van der Waals surface area contributed by atoms with Crippen LogP contribution in [0.25, 0.3) is 11.1 Å². The van der Waals surface area contributed by atoms with E-state index in [2.05, 4.69) is 23.0 Å². The number of carbonyl (C=O) groups excluding carboxylic acids is 2. The maximum Gasteiger partial charge on any atom is 0.255 e. The number of benzene rings is 3. The molecule has 1 aliphatic rings. The maximum atomic E-state index is 12.6. The predicted octanol–water partition coefficient (Wildman–Crippen LogP) is 5.13. The first-order valence-corrected chi connectivity index (χ1v) is 11.8. The molecular weight excluding hydrogens is 436 g/mol. The molecule has 6 nitrogen and oxygen atoms in total. The molecule has 1 atom stereocenters. The van der Waals surface area contributed by atoms with E-state index in [4.69, 9.17) is 5.73 Å². The van der Waals surface area contributed by atoms with Crippen molar-refractivity contribution in [3.8, 4) is 11.1 Å². The first kappa shape index (κ1) is 24.0. The molecule has 35 heavy (non-hydrogen) atoms. The van der Waals surface area contributed by atoms with Crippen LogP contribution in [0.3, 0.4) is 0 Å². The Hall–Kier alpha value is -4.19. The molecule has 4 rings (SSSR count). The molecule has 1 aliphatic heterocycles. The van der Waals surface area contributed by atoms with Crippen LogP contribution < -0.4 is 11.1 Å². The Morgan fingerprint density at radius 1 is 1.11 bits per heavy atom. The molecular formula is C29H30N4O2. The normalized spacial score (nSPS) is 15.3. The zero-order chi connectivity index (χ0) is 24.8. The zero-order valence-corrected chi connectivity index (χ0v) is 19.9. The smallest absolute Gasteiger partial charge is 0.255 e. The largest absolute Gasteiger partial charge is 0.398 e. The summed E-state index contributed by atoms with van der Waals surface area (Å²) < 4.78 is 0. The molecule has 0 aliphatic carbocycles. The second kappa shape index (κ2) is 10.8. The molecule has 0 saturated carbocycles. The van der Waals surface area contributed by atoms with Crippen LogP contribution >= 0.6 is 0 Å². The molecule has 3 aromatic carbocycles. The molecule has 178 valence electrons. The molecule has 1 unspecified atom stereocenters. The maximum absolute atomic E-state index is 12.6. The molecule has 1 fully saturated rings. The van der Waals surface area contributed by atoms with Crippen LogP contribution in [0.4, 0.5) is 11.4 Å². The number of nitrogens with zero attached hydrogens (tertiary/aromatic N) is 2. The minimum absolute atomic E-state index is 0.0561. The highest BCUT2D eigenvalue weighted by Gasteiger charge is 2.28. The third-order valence-corrected chi connectivity index (χ3v) is 6.28. The average Bonchev–Trinajstić information content (AvgIpc) is 3.38. The monoisotopic (exact) mass is 466 g/mol. The first-order chi connectivity index (χ1) is 17.0. The van der Waals surface area contributed by atoms with Gasteiger partial charge in [-0.05, 0) is 72.5 Å². The van der Waals surface area contributed by atoms with Gasteiger partial charge in [-0.25, -0.2) is 0 Å². The second-order valence-electron chi connectivity index (χ2n) is 8.57. The average molecular weight is 467 g/mol. The molecule has 6 heteroatoms. The third-order valence-electron chi connectivity index (χ3n) is 6.28. The summed E-state index contributed by atoms with van der Waals surface area (Å²) in [5.41, 5.74) is 12.5. The Morgan fingerprint density at radius 3 is 2.54 bits per heavy atom. The van der Waals surface area contributed by atoms with Gasteiger partial charge in [0.25, 0.3) is 5.91 Å². The van der Waals surface area contributed by atoms with Gasteiger partial charge in [0.2, 0.25) is 5.91 Å². The fraction of sp³-hybridized carbons (Fsp3) is 0.207. The number of nitrogen functional groups attached to an aromatic ring is 1. The molecule has 3 N–H and O–H groups in total. The molecule has 2 amide bonds. The number of hydrogen-bond donors (Lipinski definition) is 2. The van der Waals surface area contributed by atoms with E-state index < -0.39 is 0 Å². The van der Waals surface area contributed by atoms with Crippen LogP contribution in [0.5, 0.6) is 0 Å². The van der Waals surface area contributed by atoms with Crippen molar-refractivity contribution in [2.45, 2.75) is 19.3 Å². The van der Waals surface area contributed by atoms with Crippen LogP contribution in [0, 0.1) is 0 Å². The van der Waals surface area contributed by atoms with Gasteiger partial charge in [-0.1, -0.05) is 36.9 Å². The lowest BCUT2D eigenvalue weighted by molar-refractivity contribution is -0.125. The SMILES string of the molecule is C=CC(=O)N1CCC(c2cc(-c3ccc(C(=O)Nc4ccccc4)cc3)cc(/C=N\CC)c2N)C1. The van der Waals surface area contributed by atoms with E-state index in [1.807, 2.05) is 78.7 Å². The van der Waals surface area contributed by atoms with E-state index in [1.54, 1.807) is 0 Å². The quantitative estimate of drug-likeness (QED) is 0.287. The molecule has 0 bridgehead atoms. The lowest BCUT2D eigenvalue weighted by Gasteiger charge is -2.18. The van der Waals surface area contributed by atoms with Gasteiger partial charge in [-0.3, -0.25) is 14.6 Å². The summed E-state index contributed by atoms with van der Waals surface area (Å²) in [5, 5.41) is 2.91. The Morgan fingerprint density at radius 2 is 1.86 bits per heavy atom. The van der Waals surface area contributed by atoms with Gasteiger partial charge in [-0.2, -0.15) is 0 Å². The van der Waals surface area contributed by atoms with Gasteiger partial charge >= 0.3 is 0 Å². The minimum atomic E-state index is -0.158. The van der Waals surface area contributed by atoms with Crippen molar-refractivity contribution < 1.29 is 9.59 Å². The summed E-state index contributed by atoms with van der Waals surface area (Å²) in [7, 11) is 0. The predicted molar refractivity (Wildman–Crippen MR) is 143 cm³/mol. The fourth-order valence-corrected chi connectivity index (χ4v) is 4.38. The molecule has 0 aromatic heterocycles. The van der Waals surface area contributed by atoms with E-state index in [0.29, 0.717) is 30.9 Å². The topological polar surface area (TPSA) is 87.8 Å². The highest BCUT2D eigenvalue weighted by atomic mass is 16.2. The number of likely N-dealkylation sites (tertiary alicyclic amines) is 1. The molecule has 0 spiro atoms. The van der Waals surface area contributed by atoms with Crippen molar-refractivity contribution >= 4 is 29.4 Å². The Balaban J connectivity index is 1.63. The van der Waals surface area contributed by atoms with Gasteiger partial charge in [0.1, 0.15) is 0 Å². The molecule has 1 heterocycles. The fourth-order valence-electron chi connectivity index (χ4n) is 4.38. The summed E-state index contributed by atoms with van der Waals surface area (Å²) in [6.45, 7) is 7.54. The van der Waals surface area contributed by atoms with Crippen molar-refractivity contribution in [2.24, 2.45) is 4.99 Å². The number of rotatable bonds is 7. The highest BCUT2D eigenvalue weighted by molar-refractivity contribution is 6.04. The van der Waals surface area contributed by atoms with Crippen molar-refractivity contribution in [3.05, 3.63) is 96.1 Å². The van der Waals surface area contributed by atoms with E-state index >= 15 is 0 Å². The number of para-hydroxylation sites is 1. The van der Waals surface area contributed by atoms with E-state index in [0.717, 1.165) is 34.4 Å². The van der Waals surface area contributed by atoms with Gasteiger partial charge in [0.05, 0.1) is 0 Å². The summed E-state index contributed by atoms with van der Waals surface area (Å²) in [5.74, 6) is -0.0719. The van der Waals surface area contributed by atoms with Crippen molar-refractivity contribution in [1.29, 1.82) is 0 Å². The Kier molecular flexibility index (Phi) is 7.41. The highest BCUT2D eigenvalue weighted by Crippen LogP contribution is 2.36. The van der Waals surface area contributed by atoms with Crippen LogP contribution in [0.1, 0.15) is 40.7 Å². The minimum Gasteiger partial charge on any atom is -0.398 e. The van der Waals surface area contributed by atoms with Crippen LogP contribution in [0.15, 0.2) is 84.4 Å². The Labute approximate surface area is 206 Å². The number of anilines is 2. The van der Waals surface area contributed by atoms with Gasteiger partial charge in [0.15, 0.2) is 0 Å². The summed E-state index contributed by atoms with van der Waals surface area (Å²) in [6.07, 6.45) is 4.01. The van der Waals surface area contributed by atoms with Gasteiger partial charge in [-0.15, -0.1) is 0 Å². The number of carbonyl (C=O) groups is 2. The number of nitrogens with two attached hydrogens (primary N) is 1. The number of amides is 2. The summed E-state index contributed by atoms with van der Waals surface area (Å²) in [6, 6.07) is 21.0. The first-order valence-electron chi connectivity index (χ1n) is 11.8. The summed E-state index contributed by atoms with van der Waals surface area (Å²) in [4.78, 5) is 30.9. The van der Waals surface area contributed by atoms with E-state index in [-0.39, 0.29) is 17.7 Å². The lowest BCUT2D eigenvalue weighted by atomic mass is 9.90. The van der Waals surface area contributed by atoms with E-state index in [9.17, 15) is 9.59 Å². The standard InChI is InChI=1S/C29H30N4O2/c1-3-27(34)33-15-14-22(19-33)26-17-23(16-24(28(26)30)18-31-4-2)20-10-12-21(13-11-20)29(35)32-25-8-6-5-7-9-25/h3,5-13,16-18,22H,1,4,14-15,19,30H2,2H3,(H,32,35)/b31-18-. The number of aliphatic imine (C=N–C) groups is 1. The van der Waals surface area contributed by atoms with Crippen molar-refractivity contribution in [3.63, 3.8) is 0 Å². The number of hydrogen-bond acceptors (Lipinski definition) is 4. The number of nitrogens with one attached hydrogen (secondary N) is 1. The van der Waals surface area contributed by atoms with E-state index in [1.165, 1.54) is 6.08 Å². The summed E-state index contributed by atoms with van der Waals surface area (Å²) >= 11 is 0. The van der Waals surface area contributed by atoms with Crippen LogP contribution in [0.2, 0.25) is 0 Å². The van der Waals surface area contributed by atoms with Crippen molar-refractivity contribution in [2.75, 3.05) is 30.7 Å². The molecule has 1 saturated heterocycles.